The zero-order valence-electron chi connectivity index (χ0n) is 12.6. The van der Waals surface area contributed by atoms with Crippen LogP contribution in [0, 0.1) is 0 Å². The maximum absolute atomic E-state index is 5.77. The quantitative estimate of drug-likeness (QED) is 0.833. The molecule has 20 heavy (non-hydrogen) atoms. The molecule has 1 aliphatic heterocycles. The van der Waals surface area contributed by atoms with Gasteiger partial charge in [-0.3, -0.25) is 0 Å². The molecule has 1 aromatic carbocycles. The van der Waals surface area contributed by atoms with Crippen molar-refractivity contribution in [1.82, 2.24) is 5.32 Å². The molecule has 0 bridgehead atoms. The van der Waals surface area contributed by atoms with Crippen LogP contribution in [0.25, 0.3) is 0 Å². The van der Waals surface area contributed by atoms with Crippen LogP contribution in [0.3, 0.4) is 0 Å². The highest BCUT2D eigenvalue weighted by molar-refractivity contribution is 5.42. The molecule has 0 amide bonds. The summed E-state index contributed by atoms with van der Waals surface area (Å²) in [4.78, 5) is 0. The van der Waals surface area contributed by atoms with E-state index in [1.165, 1.54) is 6.42 Å². The van der Waals surface area contributed by atoms with E-state index >= 15 is 0 Å². The Morgan fingerprint density at radius 3 is 2.80 bits per heavy atom. The summed E-state index contributed by atoms with van der Waals surface area (Å²) in [6, 6.07) is 6.18. The lowest BCUT2D eigenvalue weighted by Crippen LogP contribution is -2.25. The average Bonchev–Trinajstić information content (AvgIpc) is 2.99. The van der Waals surface area contributed by atoms with E-state index in [0.717, 1.165) is 43.1 Å². The van der Waals surface area contributed by atoms with Crippen LogP contribution in [-0.4, -0.2) is 33.5 Å². The van der Waals surface area contributed by atoms with Crippen LogP contribution in [0.15, 0.2) is 18.2 Å². The van der Waals surface area contributed by atoms with E-state index in [-0.39, 0.29) is 6.04 Å². The number of methoxy groups -OCH3 is 2. The first-order chi connectivity index (χ1) is 9.78. The molecule has 112 valence electrons. The fourth-order valence-corrected chi connectivity index (χ4v) is 2.77. The first-order valence-electron chi connectivity index (χ1n) is 7.35. The summed E-state index contributed by atoms with van der Waals surface area (Å²) in [6.07, 6.45) is 3.62. The average molecular weight is 279 g/mol. The Labute approximate surface area is 121 Å². The molecule has 1 N–H and O–H groups in total. The van der Waals surface area contributed by atoms with Gasteiger partial charge in [-0.25, -0.2) is 0 Å². The highest BCUT2D eigenvalue weighted by Crippen LogP contribution is 2.33. The van der Waals surface area contributed by atoms with Gasteiger partial charge in [0, 0.05) is 18.2 Å². The van der Waals surface area contributed by atoms with Gasteiger partial charge in [0.1, 0.15) is 11.5 Å². The lowest BCUT2D eigenvalue weighted by atomic mass is 9.98. The third-order valence-corrected chi connectivity index (χ3v) is 3.79. The van der Waals surface area contributed by atoms with E-state index in [1.807, 2.05) is 12.1 Å². The van der Waals surface area contributed by atoms with Crippen molar-refractivity contribution in [2.75, 3.05) is 27.4 Å². The lowest BCUT2D eigenvalue weighted by Gasteiger charge is -2.24. The Morgan fingerprint density at radius 2 is 2.20 bits per heavy atom. The van der Waals surface area contributed by atoms with Crippen molar-refractivity contribution < 1.29 is 14.2 Å². The number of ether oxygens (including phenoxy) is 3. The van der Waals surface area contributed by atoms with E-state index in [4.69, 9.17) is 14.2 Å². The lowest BCUT2D eigenvalue weighted by molar-refractivity contribution is 0.0944. The second kappa shape index (κ2) is 7.50. The molecule has 0 saturated carbocycles. The molecule has 1 heterocycles. The van der Waals surface area contributed by atoms with Crippen molar-refractivity contribution >= 4 is 0 Å². The molecule has 0 spiro atoms. The first kappa shape index (κ1) is 15.1. The molecule has 0 radical (unpaired) electrons. The van der Waals surface area contributed by atoms with E-state index < -0.39 is 0 Å². The molecule has 4 nitrogen and oxygen atoms in total. The maximum Gasteiger partial charge on any atom is 0.123 e. The predicted octanol–water partition coefficient (Wildman–Crippen LogP) is 2.92. The second-order valence-electron chi connectivity index (χ2n) is 5.09. The van der Waals surface area contributed by atoms with Crippen LogP contribution in [0.4, 0.5) is 0 Å². The molecule has 0 aromatic heterocycles. The maximum atomic E-state index is 5.77. The molecule has 2 unspecified atom stereocenters. The molecule has 1 aliphatic rings. The smallest absolute Gasteiger partial charge is 0.123 e. The second-order valence-corrected chi connectivity index (χ2v) is 5.09. The zero-order valence-corrected chi connectivity index (χ0v) is 12.6. The van der Waals surface area contributed by atoms with Crippen molar-refractivity contribution in [1.29, 1.82) is 0 Å². The normalized spacial score (nSPS) is 19.9. The Hall–Kier alpha value is -1.26. The molecule has 1 fully saturated rings. The summed E-state index contributed by atoms with van der Waals surface area (Å²) in [5.74, 6) is 1.76. The minimum Gasteiger partial charge on any atom is -0.497 e. The largest absolute Gasteiger partial charge is 0.497 e. The highest BCUT2D eigenvalue weighted by atomic mass is 16.5. The van der Waals surface area contributed by atoms with Gasteiger partial charge in [0.25, 0.3) is 0 Å². The van der Waals surface area contributed by atoms with Gasteiger partial charge in [0.2, 0.25) is 0 Å². The Balaban J connectivity index is 2.21. The standard InChI is InChI=1S/C16H25NO3/c1-4-17-15(11-13-6-5-9-20-13)14-10-12(18-2)7-8-16(14)19-3/h7-8,10,13,15,17H,4-6,9,11H2,1-3H3. The Bertz CT molecular complexity index is 416. The Morgan fingerprint density at radius 1 is 1.35 bits per heavy atom. The third kappa shape index (κ3) is 3.64. The topological polar surface area (TPSA) is 39.7 Å². The van der Waals surface area contributed by atoms with E-state index in [1.54, 1.807) is 14.2 Å². The van der Waals surface area contributed by atoms with Crippen LogP contribution >= 0.6 is 0 Å². The predicted molar refractivity (Wildman–Crippen MR) is 79.6 cm³/mol. The van der Waals surface area contributed by atoms with Crippen molar-refractivity contribution in [3.8, 4) is 11.5 Å². The van der Waals surface area contributed by atoms with Crippen LogP contribution in [0.1, 0.15) is 37.8 Å². The van der Waals surface area contributed by atoms with Gasteiger partial charge in [-0.1, -0.05) is 6.92 Å². The van der Waals surface area contributed by atoms with Gasteiger partial charge in [0.05, 0.1) is 20.3 Å². The van der Waals surface area contributed by atoms with E-state index in [9.17, 15) is 0 Å². The van der Waals surface area contributed by atoms with E-state index in [2.05, 4.69) is 18.3 Å². The molecular formula is C16H25NO3. The number of hydrogen-bond acceptors (Lipinski definition) is 4. The van der Waals surface area contributed by atoms with Crippen LogP contribution < -0.4 is 14.8 Å². The fraction of sp³-hybridized carbons (Fsp3) is 0.625. The van der Waals surface area contributed by atoms with Crippen molar-refractivity contribution in [2.24, 2.45) is 0 Å². The fourth-order valence-electron chi connectivity index (χ4n) is 2.77. The van der Waals surface area contributed by atoms with Crippen molar-refractivity contribution in [2.45, 2.75) is 38.3 Å². The van der Waals surface area contributed by atoms with Crippen molar-refractivity contribution in [3.63, 3.8) is 0 Å². The van der Waals surface area contributed by atoms with Gasteiger partial charge in [-0.2, -0.15) is 0 Å². The highest BCUT2D eigenvalue weighted by Gasteiger charge is 2.24. The molecule has 4 heteroatoms. The monoisotopic (exact) mass is 279 g/mol. The molecule has 2 rings (SSSR count). The summed E-state index contributed by atoms with van der Waals surface area (Å²) in [7, 11) is 3.40. The minimum atomic E-state index is 0.230. The molecular weight excluding hydrogens is 254 g/mol. The van der Waals surface area contributed by atoms with Gasteiger partial charge in [-0.15, -0.1) is 0 Å². The van der Waals surface area contributed by atoms with Gasteiger partial charge < -0.3 is 19.5 Å². The van der Waals surface area contributed by atoms with Crippen LogP contribution in [0.2, 0.25) is 0 Å². The summed E-state index contributed by atoms with van der Waals surface area (Å²) in [5, 5.41) is 3.54. The van der Waals surface area contributed by atoms with Gasteiger partial charge in [0.15, 0.2) is 0 Å². The third-order valence-electron chi connectivity index (χ3n) is 3.79. The number of nitrogens with one attached hydrogen (secondary N) is 1. The number of hydrogen-bond donors (Lipinski definition) is 1. The summed E-state index contributed by atoms with van der Waals surface area (Å²) < 4.78 is 16.6. The van der Waals surface area contributed by atoms with Crippen LogP contribution in [0.5, 0.6) is 11.5 Å². The zero-order chi connectivity index (χ0) is 14.4. The van der Waals surface area contributed by atoms with Gasteiger partial charge >= 0.3 is 0 Å². The molecule has 2 atom stereocenters. The molecule has 1 aromatic rings. The minimum absolute atomic E-state index is 0.230. The molecule has 0 aliphatic carbocycles. The SMILES string of the molecule is CCNC(CC1CCCO1)c1cc(OC)ccc1OC. The van der Waals surface area contributed by atoms with Crippen LogP contribution in [-0.2, 0) is 4.74 Å². The number of rotatable bonds is 7. The summed E-state index contributed by atoms with van der Waals surface area (Å²) >= 11 is 0. The van der Waals surface area contributed by atoms with Crippen molar-refractivity contribution in [3.05, 3.63) is 23.8 Å². The molecule has 1 saturated heterocycles. The van der Waals surface area contributed by atoms with Gasteiger partial charge in [-0.05, 0) is 44.0 Å². The summed E-state index contributed by atoms with van der Waals surface area (Å²) in [5.41, 5.74) is 1.14. The van der Waals surface area contributed by atoms with E-state index in [0.29, 0.717) is 6.10 Å². The summed E-state index contributed by atoms with van der Waals surface area (Å²) in [6.45, 7) is 3.92. The first-order valence-corrected chi connectivity index (χ1v) is 7.35. The Kier molecular flexibility index (Phi) is 5.68. The number of benzene rings is 1.